The SMILES string of the molecule is CCOc1ccccc1NC(=O)N1CCCC(c2nnc(-c3ccsc3)o2)C1. The topological polar surface area (TPSA) is 80.5 Å². The highest BCUT2D eigenvalue weighted by Crippen LogP contribution is 2.30. The van der Waals surface area contributed by atoms with Crippen LogP contribution in [-0.2, 0) is 0 Å². The number of para-hydroxylation sites is 2. The van der Waals surface area contributed by atoms with Gasteiger partial charge in [0.2, 0.25) is 11.8 Å². The van der Waals surface area contributed by atoms with Crippen molar-refractivity contribution >= 4 is 23.1 Å². The molecule has 2 aromatic heterocycles. The summed E-state index contributed by atoms with van der Waals surface area (Å²) in [7, 11) is 0. The van der Waals surface area contributed by atoms with E-state index in [0.717, 1.165) is 18.4 Å². The van der Waals surface area contributed by atoms with Crippen molar-refractivity contribution in [3.63, 3.8) is 0 Å². The number of nitrogens with one attached hydrogen (secondary N) is 1. The molecule has 0 spiro atoms. The van der Waals surface area contributed by atoms with Crippen LogP contribution in [0.25, 0.3) is 11.5 Å². The molecule has 1 atom stereocenters. The van der Waals surface area contributed by atoms with Crippen molar-refractivity contribution in [1.82, 2.24) is 15.1 Å². The molecule has 0 radical (unpaired) electrons. The molecule has 146 valence electrons. The number of rotatable bonds is 5. The van der Waals surface area contributed by atoms with Gasteiger partial charge in [0.05, 0.1) is 18.2 Å². The van der Waals surface area contributed by atoms with E-state index in [0.29, 0.717) is 42.9 Å². The Balaban J connectivity index is 1.43. The second-order valence-electron chi connectivity index (χ2n) is 6.60. The highest BCUT2D eigenvalue weighted by Gasteiger charge is 2.29. The third kappa shape index (κ3) is 4.01. The number of carbonyl (C=O) groups is 1. The maximum absolute atomic E-state index is 12.8. The molecular formula is C20H22N4O3S. The Kier molecular flexibility index (Phi) is 5.57. The van der Waals surface area contributed by atoms with Gasteiger partial charge in [-0.1, -0.05) is 12.1 Å². The molecule has 1 aliphatic rings. The molecule has 1 unspecified atom stereocenters. The molecule has 1 saturated heterocycles. The molecule has 0 aliphatic carbocycles. The first-order valence-electron chi connectivity index (χ1n) is 9.38. The third-order valence-corrected chi connectivity index (χ3v) is 5.38. The predicted octanol–water partition coefficient (Wildman–Crippen LogP) is 4.61. The monoisotopic (exact) mass is 398 g/mol. The van der Waals surface area contributed by atoms with Gasteiger partial charge in [0.25, 0.3) is 0 Å². The number of carbonyl (C=O) groups excluding carboxylic acids is 1. The second kappa shape index (κ2) is 8.43. The molecule has 4 rings (SSSR count). The largest absolute Gasteiger partial charge is 0.492 e. The lowest BCUT2D eigenvalue weighted by Gasteiger charge is -2.31. The number of aromatic nitrogens is 2. The molecule has 28 heavy (non-hydrogen) atoms. The van der Waals surface area contributed by atoms with Gasteiger partial charge in [-0.2, -0.15) is 11.3 Å². The van der Waals surface area contributed by atoms with E-state index in [2.05, 4.69) is 15.5 Å². The molecule has 0 bridgehead atoms. The number of thiophene rings is 1. The molecule has 1 aromatic carbocycles. The van der Waals surface area contributed by atoms with Gasteiger partial charge in [0, 0.05) is 24.0 Å². The van der Waals surface area contributed by atoms with Crippen LogP contribution in [-0.4, -0.2) is 40.8 Å². The molecular weight excluding hydrogens is 376 g/mol. The van der Waals surface area contributed by atoms with Crippen LogP contribution in [0.5, 0.6) is 5.75 Å². The Bertz CT molecular complexity index is 925. The summed E-state index contributed by atoms with van der Waals surface area (Å²) in [5.41, 5.74) is 1.61. The normalized spacial score (nSPS) is 16.8. The first-order chi connectivity index (χ1) is 13.7. The minimum Gasteiger partial charge on any atom is -0.492 e. The van der Waals surface area contributed by atoms with Crippen LogP contribution in [0, 0.1) is 0 Å². The third-order valence-electron chi connectivity index (χ3n) is 4.70. The first kappa shape index (κ1) is 18.5. The van der Waals surface area contributed by atoms with Crippen molar-refractivity contribution in [3.05, 3.63) is 47.0 Å². The Labute approximate surface area is 167 Å². The zero-order chi connectivity index (χ0) is 19.3. The van der Waals surface area contributed by atoms with E-state index >= 15 is 0 Å². The fourth-order valence-electron chi connectivity index (χ4n) is 3.31. The summed E-state index contributed by atoms with van der Waals surface area (Å²) in [6, 6.07) is 9.27. The summed E-state index contributed by atoms with van der Waals surface area (Å²) in [6.07, 6.45) is 1.81. The highest BCUT2D eigenvalue weighted by molar-refractivity contribution is 7.08. The van der Waals surface area contributed by atoms with E-state index in [9.17, 15) is 4.79 Å². The maximum atomic E-state index is 12.8. The Morgan fingerprint density at radius 1 is 1.36 bits per heavy atom. The van der Waals surface area contributed by atoms with Gasteiger partial charge in [0.15, 0.2) is 0 Å². The number of urea groups is 1. The Morgan fingerprint density at radius 3 is 3.07 bits per heavy atom. The van der Waals surface area contributed by atoms with Crippen LogP contribution in [0.15, 0.2) is 45.5 Å². The molecule has 1 aliphatic heterocycles. The van der Waals surface area contributed by atoms with Crippen LogP contribution in [0.4, 0.5) is 10.5 Å². The minimum absolute atomic E-state index is 0.0431. The van der Waals surface area contributed by atoms with E-state index in [1.807, 2.05) is 48.0 Å². The van der Waals surface area contributed by atoms with Gasteiger partial charge >= 0.3 is 6.03 Å². The number of likely N-dealkylation sites (tertiary alicyclic amines) is 1. The fourth-order valence-corrected chi connectivity index (χ4v) is 3.94. The van der Waals surface area contributed by atoms with E-state index in [4.69, 9.17) is 9.15 Å². The number of ether oxygens (including phenoxy) is 1. The molecule has 1 fully saturated rings. The van der Waals surface area contributed by atoms with Gasteiger partial charge in [-0.05, 0) is 43.3 Å². The summed E-state index contributed by atoms with van der Waals surface area (Å²) in [5.74, 6) is 1.84. The molecule has 1 N–H and O–H groups in total. The first-order valence-corrected chi connectivity index (χ1v) is 10.3. The quantitative estimate of drug-likeness (QED) is 0.679. The fraction of sp³-hybridized carbons (Fsp3) is 0.350. The van der Waals surface area contributed by atoms with Crippen LogP contribution >= 0.6 is 11.3 Å². The molecule has 0 saturated carbocycles. The Morgan fingerprint density at radius 2 is 2.25 bits per heavy atom. The average molecular weight is 398 g/mol. The minimum atomic E-state index is -0.144. The number of benzene rings is 1. The number of nitrogens with zero attached hydrogens (tertiary/aromatic N) is 3. The lowest BCUT2D eigenvalue weighted by atomic mass is 9.98. The summed E-state index contributed by atoms with van der Waals surface area (Å²) >= 11 is 1.59. The Hall–Kier alpha value is -2.87. The summed E-state index contributed by atoms with van der Waals surface area (Å²) in [4.78, 5) is 14.6. The van der Waals surface area contributed by atoms with Crippen molar-refractivity contribution in [1.29, 1.82) is 0 Å². The lowest BCUT2D eigenvalue weighted by Crippen LogP contribution is -2.41. The van der Waals surface area contributed by atoms with Gasteiger partial charge in [-0.15, -0.1) is 10.2 Å². The average Bonchev–Trinajstić information content (AvgIpc) is 3.41. The molecule has 2 amide bonds. The maximum Gasteiger partial charge on any atom is 0.321 e. The van der Waals surface area contributed by atoms with E-state index in [-0.39, 0.29) is 11.9 Å². The molecule has 7 nitrogen and oxygen atoms in total. The van der Waals surface area contributed by atoms with Crippen molar-refractivity contribution < 1.29 is 13.9 Å². The number of hydrogen-bond acceptors (Lipinski definition) is 6. The van der Waals surface area contributed by atoms with Gasteiger partial charge < -0.3 is 19.4 Å². The van der Waals surface area contributed by atoms with E-state index in [1.54, 1.807) is 16.2 Å². The number of amides is 2. The highest BCUT2D eigenvalue weighted by atomic mass is 32.1. The number of anilines is 1. The van der Waals surface area contributed by atoms with Crippen molar-refractivity contribution in [3.8, 4) is 17.2 Å². The van der Waals surface area contributed by atoms with Gasteiger partial charge in [-0.25, -0.2) is 4.79 Å². The van der Waals surface area contributed by atoms with Crippen molar-refractivity contribution in [2.45, 2.75) is 25.7 Å². The van der Waals surface area contributed by atoms with Crippen molar-refractivity contribution in [2.75, 3.05) is 25.0 Å². The zero-order valence-corrected chi connectivity index (χ0v) is 16.4. The van der Waals surface area contributed by atoms with Gasteiger partial charge in [-0.3, -0.25) is 0 Å². The van der Waals surface area contributed by atoms with Crippen LogP contribution in [0.3, 0.4) is 0 Å². The molecule has 3 aromatic rings. The van der Waals surface area contributed by atoms with E-state index in [1.165, 1.54) is 0 Å². The summed E-state index contributed by atoms with van der Waals surface area (Å²) in [6.45, 7) is 3.71. The van der Waals surface area contributed by atoms with Crippen LogP contribution < -0.4 is 10.1 Å². The number of piperidine rings is 1. The standard InChI is InChI=1S/C20H22N4O3S/c1-2-26-17-8-4-3-7-16(17)21-20(25)24-10-5-6-14(12-24)18-22-23-19(27-18)15-9-11-28-13-15/h3-4,7-9,11,13-14H,2,5-6,10,12H2,1H3,(H,21,25). The zero-order valence-electron chi connectivity index (χ0n) is 15.6. The summed E-state index contributed by atoms with van der Waals surface area (Å²) in [5, 5.41) is 15.3. The lowest BCUT2D eigenvalue weighted by molar-refractivity contribution is 0.187. The summed E-state index contributed by atoms with van der Waals surface area (Å²) < 4.78 is 11.5. The number of hydrogen-bond donors (Lipinski definition) is 1. The van der Waals surface area contributed by atoms with Crippen LogP contribution in [0.1, 0.15) is 31.6 Å². The van der Waals surface area contributed by atoms with Gasteiger partial charge in [0.1, 0.15) is 5.75 Å². The predicted molar refractivity (Wildman–Crippen MR) is 108 cm³/mol. The smallest absolute Gasteiger partial charge is 0.321 e. The molecule has 3 heterocycles. The molecule has 8 heteroatoms. The van der Waals surface area contributed by atoms with Crippen molar-refractivity contribution in [2.24, 2.45) is 0 Å². The van der Waals surface area contributed by atoms with Crippen LogP contribution in [0.2, 0.25) is 0 Å². The van der Waals surface area contributed by atoms with E-state index < -0.39 is 0 Å². The second-order valence-corrected chi connectivity index (χ2v) is 7.38.